The van der Waals surface area contributed by atoms with Crippen LogP contribution in [0.5, 0.6) is 0 Å². The number of sulfonamides is 1. The SMILES string of the molecule is C#CCCCNS(=O)(=O)c1ccc(N)nc1. The second kappa shape index (κ2) is 5.49. The Kier molecular flexibility index (Phi) is 4.28. The first-order valence-corrected chi connectivity index (χ1v) is 6.19. The van der Waals surface area contributed by atoms with Gasteiger partial charge in [-0.15, -0.1) is 12.3 Å². The Bertz CT molecular complexity index is 474. The smallest absolute Gasteiger partial charge is 0.242 e. The number of rotatable bonds is 5. The summed E-state index contributed by atoms with van der Waals surface area (Å²) in [5.74, 6) is 2.72. The molecule has 0 radical (unpaired) electrons. The lowest BCUT2D eigenvalue weighted by molar-refractivity contribution is 0.579. The maximum absolute atomic E-state index is 11.7. The third-order valence-corrected chi connectivity index (χ3v) is 3.31. The van der Waals surface area contributed by atoms with Crippen LogP contribution in [-0.4, -0.2) is 19.9 Å². The van der Waals surface area contributed by atoms with Crippen LogP contribution in [0.4, 0.5) is 5.82 Å². The van der Waals surface area contributed by atoms with Crippen molar-refractivity contribution < 1.29 is 8.42 Å². The molecule has 86 valence electrons. The molecule has 5 nitrogen and oxygen atoms in total. The van der Waals surface area contributed by atoms with Crippen LogP contribution in [0, 0.1) is 12.3 Å². The van der Waals surface area contributed by atoms with Gasteiger partial charge in [0.2, 0.25) is 10.0 Å². The summed E-state index contributed by atoms with van der Waals surface area (Å²) in [6.45, 7) is 0.316. The van der Waals surface area contributed by atoms with E-state index in [1.807, 2.05) is 0 Å². The van der Waals surface area contributed by atoms with Crippen LogP contribution < -0.4 is 10.5 Å². The standard InChI is InChI=1S/C10H13N3O2S/c1-2-3-4-7-13-16(14,15)9-5-6-10(11)12-8-9/h1,5-6,8,13H,3-4,7H2,(H2,11,12). The molecule has 1 aromatic heterocycles. The number of unbranched alkanes of at least 4 members (excludes halogenated alkanes) is 1. The maximum Gasteiger partial charge on any atom is 0.242 e. The molecule has 0 aromatic carbocycles. The normalized spacial score (nSPS) is 10.9. The van der Waals surface area contributed by atoms with Crippen molar-refractivity contribution in [3.8, 4) is 12.3 Å². The number of anilines is 1. The lowest BCUT2D eigenvalue weighted by atomic mass is 10.3. The zero-order chi connectivity index (χ0) is 12.0. The van der Waals surface area contributed by atoms with Gasteiger partial charge < -0.3 is 5.73 Å². The number of nitrogens with two attached hydrogens (primary N) is 1. The van der Waals surface area contributed by atoms with Gasteiger partial charge in [-0.1, -0.05) is 0 Å². The molecule has 0 spiro atoms. The molecule has 16 heavy (non-hydrogen) atoms. The number of nitrogen functional groups attached to an aromatic ring is 1. The van der Waals surface area contributed by atoms with Gasteiger partial charge in [-0.25, -0.2) is 18.1 Å². The predicted molar refractivity (Wildman–Crippen MR) is 61.9 cm³/mol. The molecule has 6 heteroatoms. The highest BCUT2D eigenvalue weighted by atomic mass is 32.2. The molecule has 0 amide bonds. The molecule has 0 saturated carbocycles. The summed E-state index contributed by atoms with van der Waals surface area (Å²) in [4.78, 5) is 3.82. The first kappa shape index (κ1) is 12.5. The summed E-state index contributed by atoms with van der Waals surface area (Å²) in [6.07, 6.45) is 7.43. The van der Waals surface area contributed by atoms with E-state index in [0.29, 0.717) is 19.4 Å². The van der Waals surface area contributed by atoms with E-state index >= 15 is 0 Å². The Morgan fingerprint density at radius 3 is 2.81 bits per heavy atom. The molecule has 1 heterocycles. The van der Waals surface area contributed by atoms with Gasteiger partial charge in [0.05, 0.1) is 0 Å². The fraction of sp³-hybridized carbons (Fsp3) is 0.300. The van der Waals surface area contributed by atoms with Gasteiger partial charge in [0.1, 0.15) is 10.7 Å². The van der Waals surface area contributed by atoms with Crippen molar-refractivity contribution in [1.82, 2.24) is 9.71 Å². The number of hydrogen-bond acceptors (Lipinski definition) is 4. The van der Waals surface area contributed by atoms with E-state index in [-0.39, 0.29) is 10.7 Å². The minimum Gasteiger partial charge on any atom is -0.384 e. The predicted octanol–water partition coefficient (Wildman–Crippen LogP) is 0.355. The van der Waals surface area contributed by atoms with Gasteiger partial charge in [-0.3, -0.25) is 0 Å². The summed E-state index contributed by atoms with van der Waals surface area (Å²) >= 11 is 0. The summed E-state index contributed by atoms with van der Waals surface area (Å²) in [5.41, 5.74) is 5.36. The lowest BCUT2D eigenvalue weighted by Gasteiger charge is -2.05. The molecule has 1 aromatic rings. The van der Waals surface area contributed by atoms with Crippen LogP contribution in [0.15, 0.2) is 23.2 Å². The number of terminal acetylenes is 1. The zero-order valence-electron chi connectivity index (χ0n) is 8.68. The van der Waals surface area contributed by atoms with Crippen LogP contribution in [0.1, 0.15) is 12.8 Å². The quantitative estimate of drug-likeness (QED) is 0.573. The van der Waals surface area contributed by atoms with Crippen molar-refractivity contribution in [3.63, 3.8) is 0 Å². The fourth-order valence-electron chi connectivity index (χ4n) is 1.03. The highest BCUT2D eigenvalue weighted by Gasteiger charge is 2.12. The summed E-state index contributed by atoms with van der Waals surface area (Å²) in [6, 6.07) is 2.85. The van der Waals surface area contributed by atoms with Crippen LogP contribution in [0.25, 0.3) is 0 Å². The van der Waals surface area contributed by atoms with E-state index < -0.39 is 10.0 Å². The Balaban J connectivity index is 2.64. The van der Waals surface area contributed by atoms with Crippen molar-refractivity contribution in [1.29, 1.82) is 0 Å². The molecular weight excluding hydrogens is 226 g/mol. The molecule has 1 rings (SSSR count). The molecule has 3 N–H and O–H groups in total. The minimum atomic E-state index is -3.49. The maximum atomic E-state index is 11.7. The minimum absolute atomic E-state index is 0.0995. The third kappa shape index (κ3) is 3.53. The molecule has 0 atom stereocenters. The van der Waals surface area contributed by atoms with Gasteiger partial charge in [-0.2, -0.15) is 0 Å². The second-order valence-electron chi connectivity index (χ2n) is 3.12. The summed E-state index contributed by atoms with van der Waals surface area (Å²) in [5, 5.41) is 0. The number of pyridine rings is 1. The Morgan fingerprint density at radius 1 is 1.50 bits per heavy atom. The molecular formula is C10H13N3O2S. The molecule has 0 aliphatic carbocycles. The van der Waals surface area contributed by atoms with Crippen molar-refractivity contribution >= 4 is 15.8 Å². The van der Waals surface area contributed by atoms with E-state index in [1.165, 1.54) is 18.3 Å². The van der Waals surface area contributed by atoms with Gasteiger partial charge in [-0.05, 0) is 18.6 Å². The number of nitrogens with zero attached hydrogens (tertiary/aromatic N) is 1. The summed E-state index contributed by atoms with van der Waals surface area (Å²) < 4.78 is 25.8. The van der Waals surface area contributed by atoms with E-state index in [1.54, 1.807) is 0 Å². The lowest BCUT2D eigenvalue weighted by Crippen LogP contribution is -2.24. The topological polar surface area (TPSA) is 85.1 Å². The van der Waals surface area contributed by atoms with Crippen molar-refractivity contribution in [3.05, 3.63) is 18.3 Å². The van der Waals surface area contributed by atoms with Gasteiger partial charge in [0.25, 0.3) is 0 Å². The first-order chi connectivity index (χ1) is 7.56. The summed E-state index contributed by atoms with van der Waals surface area (Å²) in [7, 11) is -3.49. The fourth-order valence-corrected chi connectivity index (χ4v) is 2.05. The van der Waals surface area contributed by atoms with Crippen LogP contribution in [0.2, 0.25) is 0 Å². The first-order valence-electron chi connectivity index (χ1n) is 4.71. The zero-order valence-corrected chi connectivity index (χ0v) is 9.50. The monoisotopic (exact) mass is 239 g/mol. The van der Waals surface area contributed by atoms with Gasteiger partial charge >= 0.3 is 0 Å². The molecule has 0 unspecified atom stereocenters. The van der Waals surface area contributed by atoms with Crippen molar-refractivity contribution in [2.24, 2.45) is 0 Å². The number of nitrogens with one attached hydrogen (secondary N) is 1. The molecule has 0 aliphatic rings. The third-order valence-electron chi connectivity index (χ3n) is 1.86. The molecule has 0 aliphatic heterocycles. The van der Waals surface area contributed by atoms with Gasteiger partial charge in [0.15, 0.2) is 0 Å². The van der Waals surface area contributed by atoms with Crippen molar-refractivity contribution in [2.45, 2.75) is 17.7 Å². The van der Waals surface area contributed by atoms with Crippen LogP contribution in [0.3, 0.4) is 0 Å². The highest BCUT2D eigenvalue weighted by Crippen LogP contribution is 2.08. The molecule has 0 fully saturated rings. The molecule has 0 bridgehead atoms. The molecule has 0 saturated heterocycles. The van der Waals surface area contributed by atoms with Crippen LogP contribution in [-0.2, 0) is 10.0 Å². The van der Waals surface area contributed by atoms with Crippen molar-refractivity contribution in [2.75, 3.05) is 12.3 Å². The average molecular weight is 239 g/mol. The second-order valence-corrected chi connectivity index (χ2v) is 4.89. The average Bonchev–Trinajstić information content (AvgIpc) is 2.25. The van der Waals surface area contributed by atoms with E-state index in [4.69, 9.17) is 12.2 Å². The number of hydrogen-bond donors (Lipinski definition) is 2. The van der Waals surface area contributed by atoms with E-state index in [9.17, 15) is 8.42 Å². The van der Waals surface area contributed by atoms with Gasteiger partial charge in [0, 0.05) is 19.2 Å². The largest absolute Gasteiger partial charge is 0.384 e. The Labute approximate surface area is 95.1 Å². The van der Waals surface area contributed by atoms with Crippen LogP contribution >= 0.6 is 0 Å². The van der Waals surface area contributed by atoms with E-state index in [2.05, 4.69) is 15.6 Å². The highest BCUT2D eigenvalue weighted by molar-refractivity contribution is 7.89. The Morgan fingerprint density at radius 2 is 2.25 bits per heavy atom. The Hall–Kier alpha value is -1.58. The van der Waals surface area contributed by atoms with E-state index in [0.717, 1.165) is 0 Å². The number of aromatic nitrogens is 1.